The van der Waals surface area contributed by atoms with Gasteiger partial charge in [0.05, 0.1) is 6.54 Å². The molecule has 3 aliphatic heterocycles. The van der Waals surface area contributed by atoms with Crippen LogP contribution in [-0.2, 0) is 0 Å². The van der Waals surface area contributed by atoms with Crippen LogP contribution >= 0.6 is 0 Å². The van der Waals surface area contributed by atoms with E-state index >= 15 is 0 Å². The Kier molecular flexibility index (Phi) is 2.96. The lowest BCUT2D eigenvalue weighted by molar-refractivity contribution is 0.0173. The van der Waals surface area contributed by atoms with E-state index in [9.17, 15) is 0 Å². The zero-order chi connectivity index (χ0) is 11.8. The van der Waals surface area contributed by atoms with Crippen molar-refractivity contribution in [2.24, 2.45) is 10.7 Å². The zero-order valence-corrected chi connectivity index (χ0v) is 10.7. The van der Waals surface area contributed by atoms with E-state index in [2.05, 4.69) is 26.7 Å². The van der Waals surface area contributed by atoms with Crippen LogP contribution in [0.1, 0.15) is 12.8 Å². The first-order valence-electron chi connectivity index (χ1n) is 6.73. The molecule has 1 atom stereocenters. The van der Waals surface area contributed by atoms with Gasteiger partial charge in [0.25, 0.3) is 0 Å². The Hall–Kier alpha value is -0.810. The Balaban J connectivity index is 1.54. The molecule has 0 spiro atoms. The fraction of sp³-hybridized carbons (Fsp3) is 0.917. The molecule has 3 heterocycles. The Morgan fingerprint density at radius 1 is 1.29 bits per heavy atom. The van der Waals surface area contributed by atoms with Gasteiger partial charge < -0.3 is 10.6 Å². The van der Waals surface area contributed by atoms with E-state index in [-0.39, 0.29) is 0 Å². The molecule has 0 amide bonds. The van der Waals surface area contributed by atoms with Crippen molar-refractivity contribution in [1.29, 1.82) is 0 Å². The molecule has 1 unspecified atom stereocenters. The molecule has 0 aromatic rings. The van der Waals surface area contributed by atoms with E-state index in [4.69, 9.17) is 5.73 Å². The standard InChI is InChI=1S/C12H23N5/c1-15(10-2-3-10)12(13)14-8-11-9-16-4-6-17(11)7-5-16/h10-11H,2-9H2,1H3,(H2,13,14). The Morgan fingerprint density at radius 3 is 2.53 bits per heavy atom. The largest absolute Gasteiger partial charge is 0.370 e. The summed E-state index contributed by atoms with van der Waals surface area (Å²) in [7, 11) is 2.06. The van der Waals surface area contributed by atoms with Crippen LogP contribution in [0, 0.1) is 0 Å². The third-order valence-corrected chi connectivity index (χ3v) is 4.31. The number of nitrogens with two attached hydrogens (primary N) is 1. The molecule has 17 heavy (non-hydrogen) atoms. The van der Waals surface area contributed by atoms with E-state index in [1.807, 2.05) is 0 Å². The van der Waals surface area contributed by atoms with Crippen LogP contribution in [0.5, 0.6) is 0 Å². The predicted molar refractivity (Wildman–Crippen MR) is 69.1 cm³/mol. The molecule has 4 fully saturated rings. The van der Waals surface area contributed by atoms with Gasteiger partial charge in [0.15, 0.2) is 5.96 Å². The number of aliphatic imine (C=N–C) groups is 1. The number of rotatable bonds is 3. The fourth-order valence-corrected chi connectivity index (χ4v) is 2.86. The molecule has 1 saturated carbocycles. The molecular formula is C12H23N5. The van der Waals surface area contributed by atoms with Gasteiger partial charge in [-0.15, -0.1) is 0 Å². The van der Waals surface area contributed by atoms with Gasteiger partial charge in [0, 0.05) is 51.9 Å². The topological polar surface area (TPSA) is 48.1 Å². The minimum atomic E-state index is 0.587. The molecule has 1 aliphatic carbocycles. The number of nitrogens with zero attached hydrogens (tertiary/aromatic N) is 4. The van der Waals surface area contributed by atoms with Crippen LogP contribution in [0.4, 0.5) is 0 Å². The van der Waals surface area contributed by atoms with Gasteiger partial charge in [0.2, 0.25) is 0 Å². The Morgan fingerprint density at radius 2 is 2.00 bits per heavy atom. The Bertz CT molecular complexity index is 304. The average Bonchev–Trinajstić information content (AvgIpc) is 3.21. The van der Waals surface area contributed by atoms with Crippen molar-refractivity contribution in [2.45, 2.75) is 24.9 Å². The monoisotopic (exact) mass is 237 g/mol. The van der Waals surface area contributed by atoms with E-state index in [1.165, 1.54) is 45.6 Å². The maximum atomic E-state index is 6.02. The molecule has 4 aliphatic rings. The van der Waals surface area contributed by atoms with Crippen LogP contribution in [-0.4, -0.2) is 79.1 Å². The highest BCUT2D eigenvalue weighted by Crippen LogP contribution is 2.25. The summed E-state index contributed by atoms with van der Waals surface area (Å²) in [6, 6.07) is 1.24. The number of hydrogen-bond acceptors (Lipinski definition) is 3. The summed E-state index contributed by atoms with van der Waals surface area (Å²) in [6.07, 6.45) is 2.55. The number of guanidine groups is 1. The molecule has 2 N–H and O–H groups in total. The number of hydrogen-bond donors (Lipinski definition) is 1. The Labute approximate surface area is 103 Å². The summed E-state index contributed by atoms with van der Waals surface area (Å²) in [4.78, 5) is 11.8. The quantitative estimate of drug-likeness (QED) is 0.526. The number of piperazine rings is 3. The second-order valence-corrected chi connectivity index (χ2v) is 5.53. The minimum Gasteiger partial charge on any atom is -0.370 e. The summed E-state index contributed by atoms with van der Waals surface area (Å²) in [5, 5.41) is 0. The highest BCUT2D eigenvalue weighted by Gasteiger charge is 2.32. The van der Waals surface area contributed by atoms with E-state index in [0.717, 1.165) is 12.5 Å². The van der Waals surface area contributed by atoms with Gasteiger partial charge in [-0.3, -0.25) is 14.8 Å². The lowest BCUT2D eigenvalue weighted by Crippen LogP contribution is -2.61. The highest BCUT2D eigenvalue weighted by atomic mass is 15.4. The molecule has 5 heteroatoms. The first kappa shape index (κ1) is 11.3. The first-order chi connectivity index (χ1) is 8.24. The van der Waals surface area contributed by atoms with Crippen LogP contribution in [0.25, 0.3) is 0 Å². The second kappa shape index (κ2) is 4.46. The van der Waals surface area contributed by atoms with Crippen LogP contribution in [0.15, 0.2) is 4.99 Å². The minimum absolute atomic E-state index is 0.587. The van der Waals surface area contributed by atoms with Crippen molar-refractivity contribution in [1.82, 2.24) is 14.7 Å². The SMILES string of the molecule is CN(C(N)=NCC1CN2CCN1CC2)C1CC1. The van der Waals surface area contributed by atoms with E-state index < -0.39 is 0 Å². The van der Waals surface area contributed by atoms with E-state index in [0.29, 0.717) is 12.1 Å². The normalized spacial score (nSPS) is 37.2. The summed E-state index contributed by atoms with van der Waals surface area (Å²) in [6.45, 7) is 6.91. The summed E-state index contributed by atoms with van der Waals surface area (Å²) in [5.74, 6) is 0.727. The van der Waals surface area contributed by atoms with Gasteiger partial charge in [-0.05, 0) is 12.8 Å². The van der Waals surface area contributed by atoms with Crippen molar-refractivity contribution in [3.05, 3.63) is 0 Å². The molecule has 3 saturated heterocycles. The summed E-state index contributed by atoms with van der Waals surface area (Å²) >= 11 is 0. The number of fused-ring (bicyclic) bond motifs is 3. The van der Waals surface area contributed by atoms with Gasteiger partial charge in [0.1, 0.15) is 0 Å². The first-order valence-corrected chi connectivity index (χ1v) is 6.73. The molecule has 5 nitrogen and oxygen atoms in total. The summed E-state index contributed by atoms with van der Waals surface area (Å²) in [5.41, 5.74) is 6.02. The predicted octanol–water partition coefficient (Wildman–Crippen LogP) is -0.605. The smallest absolute Gasteiger partial charge is 0.191 e. The third kappa shape index (κ3) is 2.40. The van der Waals surface area contributed by atoms with Crippen molar-refractivity contribution in [3.8, 4) is 0 Å². The highest BCUT2D eigenvalue weighted by molar-refractivity contribution is 5.78. The van der Waals surface area contributed by atoms with Crippen molar-refractivity contribution in [2.75, 3.05) is 46.3 Å². The van der Waals surface area contributed by atoms with Gasteiger partial charge in [-0.2, -0.15) is 0 Å². The van der Waals surface area contributed by atoms with Crippen LogP contribution < -0.4 is 5.73 Å². The zero-order valence-electron chi connectivity index (χ0n) is 10.7. The molecule has 0 aromatic heterocycles. The molecule has 0 aromatic carbocycles. The molecule has 0 radical (unpaired) electrons. The lowest BCUT2D eigenvalue weighted by atomic mass is 10.1. The lowest BCUT2D eigenvalue weighted by Gasteiger charge is -2.47. The molecule has 96 valence electrons. The van der Waals surface area contributed by atoms with E-state index in [1.54, 1.807) is 0 Å². The second-order valence-electron chi connectivity index (χ2n) is 5.53. The molecule has 4 rings (SSSR count). The van der Waals surface area contributed by atoms with Gasteiger partial charge >= 0.3 is 0 Å². The maximum absolute atomic E-state index is 6.02. The summed E-state index contributed by atoms with van der Waals surface area (Å²) < 4.78 is 0. The van der Waals surface area contributed by atoms with Crippen molar-refractivity contribution >= 4 is 5.96 Å². The van der Waals surface area contributed by atoms with Crippen LogP contribution in [0.3, 0.4) is 0 Å². The van der Waals surface area contributed by atoms with Gasteiger partial charge in [-0.1, -0.05) is 0 Å². The van der Waals surface area contributed by atoms with Crippen molar-refractivity contribution in [3.63, 3.8) is 0 Å². The third-order valence-electron chi connectivity index (χ3n) is 4.31. The van der Waals surface area contributed by atoms with Crippen LogP contribution in [0.2, 0.25) is 0 Å². The maximum Gasteiger partial charge on any atom is 0.191 e. The van der Waals surface area contributed by atoms with Gasteiger partial charge in [-0.25, -0.2) is 0 Å². The van der Waals surface area contributed by atoms with Crippen molar-refractivity contribution < 1.29 is 0 Å². The molecule has 2 bridgehead atoms. The fourth-order valence-electron chi connectivity index (χ4n) is 2.86. The molecular weight excluding hydrogens is 214 g/mol. The average molecular weight is 237 g/mol.